The van der Waals surface area contributed by atoms with Crippen LogP contribution in [-0.4, -0.2) is 68.4 Å². The van der Waals surface area contributed by atoms with Gasteiger partial charge in [-0.05, 0) is 89.8 Å². The number of unbranched alkanes of at least 4 members (excludes halogenated alkanes) is 24. The summed E-state index contributed by atoms with van der Waals surface area (Å²) in [6.07, 6.45) is 38.6. The second kappa shape index (κ2) is 44.7. The summed E-state index contributed by atoms with van der Waals surface area (Å²) in [5.41, 5.74) is 0. The Morgan fingerprint density at radius 1 is 0.466 bits per heavy atom. The van der Waals surface area contributed by atoms with Gasteiger partial charge in [0.25, 0.3) is 0 Å². The zero-order chi connectivity index (χ0) is 42.6. The van der Waals surface area contributed by atoms with E-state index in [2.05, 4.69) is 31.0 Å². The van der Waals surface area contributed by atoms with Gasteiger partial charge in [0.2, 0.25) is 0 Å². The van der Waals surface area contributed by atoms with Gasteiger partial charge in [0.05, 0.1) is 13.2 Å². The molecule has 0 saturated heterocycles. The SMILES string of the molecule is CCCCCCCCCOC(=O)CCCCCCCN(CCCCCCCC(=O)OC(CCCCCCCC)CCCCCCCC)CCCNC(=O)OCC(C)C. The third-order valence-electron chi connectivity index (χ3n) is 11.2. The molecule has 8 nitrogen and oxygen atoms in total. The zero-order valence-electron chi connectivity index (χ0n) is 39.3. The van der Waals surface area contributed by atoms with Gasteiger partial charge in [-0.3, -0.25) is 9.59 Å². The summed E-state index contributed by atoms with van der Waals surface area (Å²) in [4.78, 5) is 39.5. The molecule has 8 heteroatoms. The number of hydrogen-bond donors (Lipinski definition) is 1. The molecule has 1 amide bonds. The molecule has 0 aromatic rings. The van der Waals surface area contributed by atoms with Crippen molar-refractivity contribution in [2.24, 2.45) is 5.92 Å². The minimum Gasteiger partial charge on any atom is -0.466 e. The number of rotatable bonds is 45. The van der Waals surface area contributed by atoms with E-state index in [1.54, 1.807) is 0 Å². The first kappa shape index (κ1) is 56.2. The van der Waals surface area contributed by atoms with Crippen molar-refractivity contribution in [1.82, 2.24) is 10.2 Å². The van der Waals surface area contributed by atoms with E-state index in [1.165, 1.54) is 116 Å². The number of alkyl carbamates (subject to hydrolysis) is 1. The third-order valence-corrected chi connectivity index (χ3v) is 11.2. The summed E-state index contributed by atoms with van der Waals surface area (Å²) in [7, 11) is 0. The molecule has 0 aliphatic heterocycles. The second-order valence-electron chi connectivity index (χ2n) is 17.7. The van der Waals surface area contributed by atoms with Crippen LogP contribution in [0, 0.1) is 5.92 Å². The first-order chi connectivity index (χ1) is 28.3. The number of nitrogens with zero attached hydrogens (tertiary/aromatic N) is 1. The number of carbonyl (C=O) groups is 3. The lowest BCUT2D eigenvalue weighted by Crippen LogP contribution is -2.32. The van der Waals surface area contributed by atoms with Gasteiger partial charge in [-0.2, -0.15) is 0 Å². The van der Waals surface area contributed by atoms with E-state index in [4.69, 9.17) is 14.2 Å². The predicted molar refractivity (Wildman–Crippen MR) is 245 cm³/mol. The van der Waals surface area contributed by atoms with E-state index < -0.39 is 0 Å². The molecule has 0 saturated carbocycles. The maximum Gasteiger partial charge on any atom is 0.407 e. The fourth-order valence-electron chi connectivity index (χ4n) is 7.52. The van der Waals surface area contributed by atoms with Gasteiger partial charge in [0, 0.05) is 19.4 Å². The Hall–Kier alpha value is -1.83. The maximum atomic E-state index is 12.8. The maximum absolute atomic E-state index is 12.8. The standard InChI is InChI=1S/C50H98N2O6/c1-6-9-12-15-18-27-34-44-56-48(53)38-30-23-19-25-32-41-52(43-35-40-51-50(55)57-45-46(4)5)42-33-26-20-24-31-39-49(54)58-47(36-28-21-16-13-10-7-2)37-29-22-17-14-11-8-3/h46-47H,6-45H2,1-5H3,(H,51,55). The number of ether oxygens (including phenoxy) is 3. The number of carbonyl (C=O) groups excluding carboxylic acids is 3. The molecule has 0 aromatic carbocycles. The first-order valence-electron chi connectivity index (χ1n) is 25.3. The number of nitrogens with one attached hydrogen (secondary N) is 1. The summed E-state index contributed by atoms with van der Waals surface area (Å²) in [5, 5.41) is 2.91. The molecule has 0 radical (unpaired) electrons. The highest BCUT2D eigenvalue weighted by Crippen LogP contribution is 2.19. The Bertz CT molecular complexity index is 883. The van der Waals surface area contributed by atoms with Gasteiger partial charge in [-0.25, -0.2) is 4.79 Å². The smallest absolute Gasteiger partial charge is 0.407 e. The Labute approximate surface area is 360 Å². The lowest BCUT2D eigenvalue weighted by molar-refractivity contribution is -0.150. The van der Waals surface area contributed by atoms with Gasteiger partial charge in [0.15, 0.2) is 0 Å². The fraction of sp³-hybridized carbons (Fsp3) is 0.940. The van der Waals surface area contributed by atoms with Crippen LogP contribution < -0.4 is 5.32 Å². The lowest BCUT2D eigenvalue weighted by atomic mass is 10.0. The van der Waals surface area contributed by atoms with Crippen LogP contribution in [0.15, 0.2) is 0 Å². The van der Waals surface area contributed by atoms with E-state index >= 15 is 0 Å². The first-order valence-corrected chi connectivity index (χ1v) is 25.3. The largest absolute Gasteiger partial charge is 0.466 e. The molecule has 0 bridgehead atoms. The highest BCUT2D eigenvalue weighted by molar-refractivity contribution is 5.69. The minimum atomic E-state index is -0.322. The molecule has 0 aliphatic carbocycles. The van der Waals surface area contributed by atoms with Gasteiger partial charge >= 0.3 is 18.0 Å². The molecule has 0 aliphatic rings. The van der Waals surface area contributed by atoms with Crippen molar-refractivity contribution in [2.45, 2.75) is 259 Å². The van der Waals surface area contributed by atoms with Crippen LogP contribution in [-0.2, 0) is 23.8 Å². The van der Waals surface area contributed by atoms with Crippen molar-refractivity contribution in [1.29, 1.82) is 0 Å². The van der Waals surface area contributed by atoms with E-state index in [-0.39, 0.29) is 24.1 Å². The average molecular weight is 823 g/mol. The molecule has 0 fully saturated rings. The van der Waals surface area contributed by atoms with Crippen LogP contribution in [0.2, 0.25) is 0 Å². The minimum absolute atomic E-state index is 0.00794. The summed E-state index contributed by atoms with van der Waals surface area (Å²) >= 11 is 0. The molecule has 0 atom stereocenters. The van der Waals surface area contributed by atoms with Crippen LogP contribution in [0.3, 0.4) is 0 Å². The summed E-state index contributed by atoms with van der Waals surface area (Å²) in [5.74, 6) is 0.300. The highest BCUT2D eigenvalue weighted by atomic mass is 16.6. The van der Waals surface area contributed by atoms with E-state index in [1.807, 2.05) is 13.8 Å². The second-order valence-corrected chi connectivity index (χ2v) is 17.7. The van der Waals surface area contributed by atoms with Crippen LogP contribution in [0.4, 0.5) is 4.79 Å². The monoisotopic (exact) mass is 823 g/mol. The molecule has 0 unspecified atom stereocenters. The third kappa shape index (κ3) is 42.3. The van der Waals surface area contributed by atoms with Crippen LogP contribution in [0.1, 0.15) is 253 Å². The summed E-state index contributed by atoms with van der Waals surface area (Å²) < 4.78 is 16.8. The van der Waals surface area contributed by atoms with Crippen molar-refractivity contribution < 1.29 is 28.6 Å². The zero-order valence-corrected chi connectivity index (χ0v) is 39.3. The normalized spacial score (nSPS) is 11.5. The molecule has 1 N–H and O–H groups in total. The van der Waals surface area contributed by atoms with E-state index in [9.17, 15) is 14.4 Å². The molecular formula is C50H98N2O6. The highest BCUT2D eigenvalue weighted by Gasteiger charge is 2.15. The Morgan fingerprint density at radius 3 is 1.38 bits per heavy atom. The Kier molecular flexibility index (Phi) is 43.3. The van der Waals surface area contributed by atoms with Gasteiger partial charge < -0.3 is 24.4 Å². The number of hydrogen-bond acceptors (Lipinski definition) is 7. The molecule has 58 heavy (non-hydrogen) atoms. The topological polar surface area (TPSA) is 94.2 Å². The number of amides is 1. The summed E-state index contributed by atoms with van der Waals surface area (Å²) in [6.45, 7) is 15.6. The van der Waals surface area contributed by atoms with Gasteiger partial charge in [0.1, 0.15) is 6.10 Å². The molecule has 344 valence electrons. The van der Waals surface area contributed by atoms with Crippen molar-refractivity contribution in [3.63, 3.8) is 0 Å². The quantitative estimate of drug-likeness (QED) is 0.0371. The summed E-state index contributed by atoms with van der Waals surface area (Å²) in [6, 6.07) is 0. The van der Waals surface area contributed by atoms with Crippen molar-refractivity contribution >= 4 is 18.0 Å². The van der Waals surface area contributed by atoms with Crippen molar-refractivity contribution in [3.05, 3.63) is 0 Å². The van der Waals surface area contributed by atoms with Crippen LogP contribution in [0.5, 0.6) is 0 Å². The molecule has 0 aromatic heterocycles. The van der Waals surface area contributed by atoms with E-state index in [0.717, 1.165) is 110 Å². The fourth-order valence-corrected chi connectivity index (χ4v) is 7.52. The molecule has 0 spiro atoms. The van der Waals surface area contributed by atoms with Crippen molar-refractivity contribution in [3.8, 4) is 0 Å². The lowest BCUT2D eigenvalue weighted by Gasteiger charge is -2.22. The molecule has 0 heterocycles. The Morgan fingerprint density at radius 2 is 0.879 bits per heavy atom. The van der Waals surface area contributed by atoms with Crippen molar-refractivity contribution in [2.75, 3.05) is 39.4 Å². The van der Waals surface area contributed by atoms with Crippen LogP contribution >= 0.6 is 0 Å². The number of esters is 2. The van der Waals surface area contributed by atoms with Crippen LogP contribution in [0.25, 0.3) is 0 Å². The van der Waals surface area contributed by atoms with E-state index in [0.29, 0.717) is 38.5 Å². The van der Waals surface area contributed by atoms with Gasteiger partial charge in [-0.15, -0.1) is 0 Å². The molecular weight excluding hydrogens is 725 g/mol. The van der Waals surface area contributed by atoms with Gasteiger partial charge in [-0.1, -0.05) is 176 Å². The Balaban J connectivity index is 4.43. The predicted octanol–water partition coefficient (Wildman–Crippen LogP) is 14.4. The average Bonchev–Trinajstić information content (AvgIpc) is 3.20. The molecule has 0 rings (SSSR count).